The van der Waals surface area contributed by atoms with E-state index < -0.39 is 89.8 Å². The van der Waals surface area contributed by atoms with Crippen molar-refractivity contribution in [3.63, 3.8) is 0 Å². The Kier molecular flexibility index (Phi) is 15.6. The molecule has 0 aliphatic carbocycles. The lowest BCUT2D eigenvalue weighted by atomic mass is 9.83. The lowest BCUT2D eigenvalue weighted by molar-refractivity contribution is -0.176. The van der Waals surface area contributed by atoms with E-state index in [0.717, 1.165) is 5.56 Å². The Bertz CT molecular complexity index is 1570. The minimum atomic E-state index is -1.46. The maximum atomic E-state index is 14.4. The molecule has 2 aliphatic rings. The summed E-state index contributed by atoms with van der Waals surface area (Å²) in [5.74, 6) is -2.27. The van der Waals surface area contributed by atoms with Gasteiger partial charge in [0.25, 0.3) is 5.91 Å². The van der Waals surface area contributed by atoms with Gasteiger partial charge in [-0.2, -0.15) is 0 Å². The summed E-state index contributed by atoms with van der Waals surface area (Å²) in [6, 6.07) is 5.06. The Morgan fingerprint density at radius 1 is 0.944 bits per heavy atom. The van der Waals surface area contributed by atoms with Crippen molar-refractivity contribution < 1.29 is 43.0 Å². The third-order valence-corrected chi connectivity index (χ3v) is 10.6. The number of carbonyl (C=O) groups is 7. The molecule has 2 N–H and O–H groups in total. The van der Waals surface area contributed by atoms with Gasteiger partial charge >= 0.3 is 11.9 Å². The molecule has 54 heavy (non-hydrogen) atoms. The molecule has 2 heterocycles. The van der Waals surface area contributed by atoms with Crippen molar-refractivity contribution in [3.8, 4) is 12.3 Å². The van der Waals surface area contributed by atoms with E-state index in [2.05, 4.69) is 16.6 Å². The van der Waals surface area contributed by atoms with E-state index in [0.29, 0.717) is 32.1 Å². The second-order valence-electron chi connectivity index (χ2n) is 14.9. The number of amides is 5. The van der Waals surface area contributed by atoms with Gasteiger partial charge in [0.1, 0.15) is 36.8 Å². The fourth-order valence-electron chi connectivity index (χ4n) is 6.87. The Morgan fingerprint density at radius 3 is 2.24 bits per heavy atom. The molecule has 0 aromatic heterocycles. The van der Waals surface area contributed by atoms with Gasteiger partial charge in [-0.25, -0.2) is 0 Å². The first-order chi connectivity index (χ1) is 25.5. The number of unbranched alkanes of at least 4 members (excludes halogenated alkanes) is 1. The molecule has 2 fully saturated rings. The summed E-state index contributed by atoms with van der Waals surface area (Å²) in [6.45, 7) is 9.30. The molecule has 296 valence electrons. The van der Waals surface area contributed by atoms with Crippen LogP contribution >= 0.6 is 0 Å². The Labute approximate surface area is 319 Å². The molecule has 0 spiro atoms. The smallest absolute Gasteiger partial charge is 0.325 e. The predicted molar refractivity (Wildman–Crippen MR) is 200 cm³/mol. The average molecular weight is 752 g/mol. The number of terminal acetylenes is 1. The second kappa shape index (κ2) is 19.4. The zero-order valence-electron chi connectivity index (χ0n) is 32.9. The van der Waals surface area contributed by atoms with E-state index in [1.54, 1.807) is 0 Å². The minimum Gasteiger partial charge on any atom is -0.460 e. The lowest BCUT2D eigenvalue weighted by Crippen LogP contribution is -2.60. The fraction of sp³-hybridized carbons (Fsp3) is 0.625. The van der Waals surface area contributed by atoms with Crippen LogP contribution in [0.2, 0.25) is 0 Å². The molecule has 0 bridgehead atoms. The van der Waals surface area contributed by atoms with E-state index in [9.17, 15) is 33.6 Å². The monoisotopic (exact) mass is 751 g/mol. The van der Waals surface area contributed by atoms with Crippen molar-refractivity contribution >= 4 is 41.5 Å². The number of nitrogens with one attached hydrogen (secondary N) is 2. The normalized spacial score (nSPS) is 27.4. The van der Waals surface area contributed by atoms with Crippen molar-refractivity contribution in [3.05, 3.63) is 35.9 Å². The highest BCUT2D eigenvalue weighted by Gasteiger charge is 2.45. The molecule has 5 amide bonds. The first-order valence-corrected chi connectivity index (χ1v) is 18.8. The number of likely N-dealkylation sites (N-methyl/N-ethyl adjacent to an activating group) is 2. The van der Waals surface area contributed by atoms with Gasteiger partial charge in [-0.1, -0.05) is 50.6 Å². The van der Waals surface area contributed by atoms with Crippen LogP contribution in [-0.2, 0) is 49.5 Å². The zero-order valence-corrected chi connectivity index (χ0v) is 32.9. The molecule has 0 radical (unpaired) electrons. The van der Waals surface area contributed by atoms with Gasteiger partial charge in [0.05, 0.1) is 5.41 Å². The van der Waals surface area contributed by atoms with Crippen LogP contribution < -0.4 is 10.6 Å². The topological polar surface area (TPSA) is 172 Å². The van der Waals surface area contributed by atoms with Crippen molar-refractivity contribution in [2.75, 3.05) is 27.2 Å². The number of rotatable bonds is 7. The molecule has 2 saturated heterocycles. The van der Waals surface area contributed by atoms with Crippen molar-refractivity contribution in [1.29, 1.82) is 0 Å². The first-order valence-electron chi connectivity index (χ1n) is 18.8. The van der Waals surface area contributed by atoms with Crippen molar-refractivity contribution in [1.82, 2.24) is 25.3 Å². The van der Waals surface area contributed by atoms with Crippen LogP contribution in [0.25, 0.3) is 0 Å². The minimum absolute atomic E-state index is 0.118. The van der Waals surface area contributed by atoms with E-state index in [4.69, 9.17) is 15.9 Å². The van der Waals surface area contributed by atoms with Crippen LogP contribution in [0.5, 0.6) is 0 Å². The fourth-order valence-corrected chi connectivity index (χ4v) is 6.87. The number of carbonyl (C=O) groups excluding carboxylic acids is 7. The average Bonchev–Trinajstić information content (AvgIpc) is 3.64. The van der Waals surface area contributed by atoms with E-state index in [1.165, 1.54) is 56.5 Å². The molecule has 0 unspecified atom stereocenters. The summed E-state index contributed by atoms with van der Waals surface area (Å²) < 4.78 is 11.3. The molecule has 0 saturated carbocycles. The summed E-state index contributed by atoms with van der Waals surface area (Å²) in [5.41, 5.74) is -0.692. The SMILES string of the molecule is C#CCCC[C@H]1OC(=O)CNC(=O)[C@H](Cc2ccccc2)N(C)C(=O)[C@H]2CCCN2C(=O)[C@@H]([C@@H](C)CC)N(C)C(=O)[C@@H](C)NC(=O)[C@@H](C)OC(=O)C1(C)C. The Morgan fingerprint density at radius 2 is 1.61 bits per heavy atom. The summed E-state index contributed by atoms with van der Waals surface area (Å²) in [6.07, 6.45) is 5.55. The van der Waals surface area contributed by atoms with E-state index in [1.807, 2.05) is 44.2 Å². The summed E-state index contributed by atoms with van der Waals surface area (Å²) >= 11 is 0. The van der Waals surface area contributed by atoms with Gasteiger partial charge in [-0.3, -0.25) is 33.6 Å². The van der Waals surface area contributed by atoms with Gasteiger partial charge in [0.2, 0.25) is 23.6 Å². The number of nitrogens with zero attached hydrogens (tertiary/aromatic N) is 3. The highest BCUT2D eigenvalue weighted by atomic mass is 16.6. The van der Waals surface area contributed by atoms with Crippen molar-refractivity contribution in [2.24, 2.45) is 11.3 Å². The molecule has 7 atom stereocenters. The molecule has 14 heteroatoms. The number of fused-ring (bicyclic) bond motifs is 1. The Balaban J connectivity index is 2.07. The van der Waals surface area contributed by atoms with Crippen LogP contribution in [0.1, 0.15) is 85.6 Å². The van der Waals surface area contributed by atoms with Crippen LogP contribution in [0, 0.1) is 23.7 Å². The lowest BCUT2D eigenvalue weighted by Gasteiger charge is -2.38. The maximum absolute atomic E-state index is 14.4. The standard InChI is InChI=1S/C40H57N5O9/c1-10-12-14-21-31-40(6,7)39(52)53-27(5)34(47)42-26(4)36(49)44(9)33(25(3)11-2)38(51)45-22-17-20-29(45)37(50)43(8)30(23-28-18-15-13-16-19-28)35(48)41-24-32(46)54-31/h1,13,15-16,18-19,25-27,29-31,33H,11-12,14,17,20-24H2,2-9H3,(H,41,48)(H,42,47)/t25-,26+,27+,29+,30-,31+,33+/m0/s1. The summed E-state index contributed by atoms with van der Waals surface area (Å²) in [4.78, 5) is 100. The number of ether oxygens (including phenoxy) is 2. The second-order valence-corrected chi connectivity index (χ2v) is 14.9. The predicted octanol–water partition coefficient (Wildman–Crippen LogP) is 2.23. The number of hydrogen-bond donors (Lipinski definition) is 2. The van der Waals surface area contributed by atoms with Crippen LogP contribution in [0.4, 0.5) is 0 Å². The molecular weight excluding hydrogens is 694 g/mol. The number of esters is 2. The summed E-state index contributed by atoms with van der Waals surface area (Å²) in [7, 11) is 2.99. The molecule has 1 aromatic carbocycles. The van der Waals surface area contributed by atoms with Gasteiger partial charge < -0.3 is 34.8 Å². The molecular formula is C40H57N5O9. The van der Waals surface area contributed by atoms with E-state index in [-0.39, 0.29) is 25.3 Å². The quantitative estimate of drug-likeness (QED) is 0.241. The van der Waals surface area contributed by atoms with Gasteiger partial charge in [0.15, 0.2) is 6.10 Å². The van der Waals surface area contributed by atoms with Gasteiger partial charge in [0, 0.05) is 33.5 Å². The third-order valence-electron chi connectivity index (χ3n) is 10.6. The van der Waals surface area contributed by atoms with Crippen molar-refractivity contribution in [2.45, 2.75) is 123 Å². The Hall–Kier alpha value is -4.93. The molecule has 2 aliphatic heterocycles. The third kappa shape index (κ3) is 10.6. The highest BCUT2D eigenvalue weighted by molar-refractivity contribution is 5.96. The van der Waals surface area contributed by atoms with Crippen LogP contribution in [-0.4, -0.2) is 120 Å². The highest BCUT2D eigenvalue weighted by Crippen LogP contribution is 2.30. The summed E-state index contributed by atoms with van der Waals surface area (Å²) in [5, 5.41) is 5.21. The van der Waals surface area contributed by atoms with Crippen LogP contribution in [0.3, 0.4) is 0 Å². The number of benzene rings is 1. The number of cyclic esters (lactones) is 2. The zero-order chi connectivity index (χ0) is 40.3. The van der Waals surface area contributed by atoms with E-state index >= 15 is 0 Å². The van der Waals surface area contributed by atoms with Crippen LogP contribution in [0.15, 0.2) is 30.3 Å². The maximum Gasteiger partial charge on any atom is 0.325 e. The largest absolute Gasteiger partial charge is 0.460 e. The van der Waals surface area contributed by atoms with Gasteiger partial charge in [-0.05, 0) is 64.9 Å². The molecule has 1 aromatic rings. The van der Waals surface area contributed by atoms with Gasteiger partial charge in [-0.15, -0.1) is 12.3 Å². The molecule has 14 nitrogen and oxygen atoms in total. The first kappa shape index (κ1) is 43.5. The number of hydrogen-bond acceptors (Lipinski definition) is 9. The molecule has 3 rings (SSSR count).